The fraction of sp³-hybridized carbons (Fsp3) is 0.571. The van der Waals surface area contributed by atoms with Crippen LogP contribution in [0.2, 0.25) is 5.02 Å². The Bertz CT molecular complexity index is 399. The molecule has 18 heavy (non-hydrogen) atoms. The molecule has 0 bridgehead atoms. The summed E-state index contributed by atoms with van der Waals surface area (Å²) in [7, 11) is 0. The van der Waals surface area contributed by atoms with Crippen LogP contribution in [0, 0.1) is 5.82 Å². The van der Waals surface area contributed by atoms with Crippen LogP contribution in [-0.2, 0) is 6.54 Å². The number of thioether (sulfide) groups is 1. The van der Waals surface area contributed by atoms with Crippen molar-refractivity contribution in [1.82, 2.24) is 5.32 Å². The van der Waals surface area contributed by atoms with Crippen LogP contribution in [0.4, 0.5) is 4.39 Å². The summed E-state index contributed by atoms with van der Waals surface area (Å²) in [5.74, 6) is -0.289. The van der Waals surface area contributed by atoms with Crippen LogP contribution in [0.3, 0.4) is 0 Å². The predicted molar refractivity (Wildman–Crippen MR) is 77.8 cm³/mol. The van der Waals surface area contributed by atoms with Crippen LogP contribution in [0.25, 0.3) is 0 Å². The van der Waals surface area contributed by atoms with E-state index in [1.807, 2.05) is 11.8 Å². The van der Waals surface area contributed by atoms with Gasteiger partial charge in [-0.15, -0.1) is 0 Å². The van der Waals surface area contributed by atoms with Crippen molar-refractivity contribution >= 4 is 23.4 Å². The third-order valence-corrected chi connectivity index (χ3v) is 5.05. The van der Waals surface area contributed by atoms with Gasteiger partial charge in [0.1, 0.15) is 5.82 Å². The van der Waals surface area contributed by atoms with Gasteiger partial charge in [0.2, 0.25) is 0 Å². The van der Waals surface area contributed by atoms with E-state index in [1.165, 1.54) is 25.7 Å². The standard InChI is InChI=1S/C14H19ClFNS/c1-18-13-8-3-2-7-12(13)17-9-10-5-4-6-11(15)14(10)16/h4-6,12-13,17H,2-3,7-9H2,1H3. The molecule has 2 atom stereocenters. The molecule has 1 aromatic rings. The van der Waals surface area contributed by atoms with E-state index in [2.05, 4.69) is 11.6 Å². The van der Waals surface area contributed by atoms with Crippen molar-refractivity contribution in [2.24, 2.45) is 0 Å². The molecule has 100 valence electrons. The zero-order valence-electron chi connectivity index (χ0n) is 10.6. The Morgan fingerprint density at radius 2 is 2.17 bits per heavy atom. The Labute approximate surface area is 117 Å². The summed E-state index contributed by atoms with van der Waals surface area (Å²) in [4.78, 5) is 0. The van der Waals surface area contributed by atoms with Gasteiger partial charge in [-0.2, -0.15) is 11.8 Å². The first-order valence-corrected chi connectivity index (χ1v) is 8.08. The molecule has 1 nitrogen and oxygen atoms in total. The molecule has 0 aromatic heterocycles. The van der Waals surface area contributed by atoms with E-state index in [1.54, 1.807) is 18.2 Å². The second kappa shape index (κ2) is 6.78. The van der Waals surface area contributed by atoms with E-state index >= 15 is 0 Å². The highest BCUT2D eigenvalue weighted by Gasteiger charge is 2.23. The lowest BCUT2D eigenvalue weighted by Crippen LogP contribution is -2.40. The fourth-order valence-corrected chi connectivity index (χ4v) is 3.70. The topological polar surface area (TPSA) is 12.0 Å². The van der Waals surface area contributed by atoms with Gasteiger partial charge in [-0.05, 0) is 25.2 Å². The summed E-state index contributed by atoms with van der Waals surface area (Å²) in [5, 5.41) is 4.35. The predicted octanol–water partition coefficient (Wildman–Crippen LogP) is 4.24. The monoisotopic (exact) mass is 287 g/mol. The first kappa shape index (κ1) is 14.2. The summed E-state index contributed by atoms with van der Waals surface area (Å²) in [5.41, 5.74) is 0.660. The van der Waals surface area contributed by atoms with Crippen molar-refractivity contribution in [3.63, 3.8) is 0 Å². The summed E-state index contributed by atoms with van der Waals surface area (Å²) >= 11 is 7.70. The molecule has 0 spiro atoms. The van der Waals surface area contributed by atoms with E-state index in [0.29, 0.717) is 23.4 Å². The number of benzene rings is 1. The number of nitrogens with one attached hydrogen (secondary N) is 1. The Hall–Kier alpha value is -0.250. The molecule has 4 heteroatoms. The minimum Gasteiger partial charge on any atom is -0.309 e. The van der Waals surface area contributed by atoms with E-state index in [0.717, 1.165) is 0 Å². The molecular formula is C14H19ClFNS. The van der Waals surface area contributed by atoms with Crippen LogP contribution in [-0.4, -0.2) is 17.5 Å². The van der Waals surface area contributed by atoms with Crippen LogP contribution in [0.15, 0.2) is 18.2 Å². The Morgan fingerprint density at radius 1 is 1.39 bits per heavy atom. The maximum Gasteiger partial charge on any atom is 0.146 e. The lowest BCUT2D eigenvalue weighted by molar-refractivity contribution is 0.380. The molecule has 0 radical (unpaired) electrons. The zero-order valence-corrected chi connectivity index (χ0v) is 12.2. The fourth-order valence-electron chi connectivity index (χ4n) is 2.54. The van der Waals surface area contributed by atoms with Gasteiger partial charge < -0.3 is 5.32 Å². The molecule has 0 saturated heterocycles. The molecule has 1 aliphatic rings. The highest BCUT2D eigenvalue weighted by Crippen LogP contribution is 2.27. The third-order valence-electron chi connectivity index (χ3n) is 3.59. The molecule has 1 aromatic carbocycles. The average molecular weight is 288 g/mol. The first-order chi connectivity index (χ1) is 8.72. The van der Waals surface area contributed by atoms with Crippen LogP contribution < -0.4 is 5.32 Å². The van der Waals surface area contributed by atoms with E-state index in [-0.39, 0.29) is 10.8 Å². The minimum absolute atomic E-state index is 0.208. The maximum atomic E-state index is 13.8. The normalized spacial score (nSPS) is 24.2. The number of halogens is 2. The Balaban J connectivity index is 1.96. The third kappa shape index (κ3) is 3.40. The van der Waals surface area contributed by atoms with Crippen molar-refractivity contribution in [1.29, 1.82) is 0 Å². The highest BCUT2D eigenvalue weighted by molar-refractivity contribution is 7.99. The van der Waals surface area contributed by atoms with E-state index in [9.17, 15) is 4.39 Å². The smallest absolute Gasteiger partial charge is 0.146 e. The molecule has 1 saturated carbocycles. The van der Waals surface area contributed by atoms with Gasteiger partial charge in [0.25, 0.3) is 0 Å². The highest BCUT2D eigenvalue weighted by atomic mass is 35.5. The largest absolute Gasteiger partial charge is 0.309 e. The second-order valence-corrected chi connectivity index (χ2v) is 6.24. The Kier molecular flexibility index (Phi) is 5.34. The second-order valence-electron chi connectivity index (χ2n) is 4.76. The maximum absolute atomic E-state index is 13.8. The van der Waals surface area contributed by atoms with Crippen LogP contribution >= 0.6 is 23.4 Å². The lowest BCUT2D eigenvalue weighted by Gasteiger charge is -2.31. The van der Waals surface area contributed by atoms with Crippen LogP contribution in [0.5, 0.6) is 0 Å². The van der Waals surface area contributed by atoms with Crippen LogP contribution in [0.1, 0.15) is 31.2 Å². The molecule has 2 unspecified atom stereocenters. The van der Waals surface area contributed by atoms with E-state index < -0.39 is 0 Å². The summed E-state index contributed by atoms with van der Waals surface area (Å²) in [6.45, 7) is 0.564. The summed E-state index contributed by atoms with van der Waals surface area (Å²) < 4.78 is 13.8. The van der Waals surface area contributed by atoms with Gasteiger partial charge in [-0.3, -0.25) is 0 Å². The van der Waals surface area contributed by atoms with Crippen molar-refractivity contribution < 1.29 is 4.39 Å². The number of hydrogen-bond donors (Lipinski definition) is 1. The molecular weight excluding hydrogens is 269 g/mol. The van der Waals surface area contributed by atoms with Gasteiger partial charge in [0, 0.05) is 23.4 Å². The Morgan fingerprint density at radius 3 is 2.94 bits per heavy atom. The van der Waals surface area contributed by atoms with Gasteiger partial charge in [-0.25, -0.2) is 4.39 Å². The molecule has 1 fully saturated rings. The summed E-state index contributed by atoms with van der Waals surface area (Å²) in [6, 6.07) is 5.68. The zero-order chi connectivity index (χ0) is 13.0. The molecule has 1 N–H and O–H groups in total. The molecule has 2 rings (SSSR count). The SMILES string of the molecule is CSC1CCCCC1NCc1cccc(Cl)c1F. The molecule has 0 aliphatic heterocycles. The average Bonchev–Trinajstić information content (AvgIpc) is 2.41. The molecule has 0 amide bonds. The van der Waals surface area contributed by atoms with Crippen molar-refractivity contribution in [2.45, 2.75) is 43.5 Å². The van der Waals surface area contributed by atoms with Gasteiger partial charge in [0.15, 0.2) is 0 Å². The minimum atomic E-state index is -0.289. The van der Waals surface area contributed by atoms with E-state index in [4.69, 9.17) is 11.6 Å². The van der Waals surface area contributed by atoms with Gasteiger partial charge in [0.05, 0.1) is 5.02 Å². The molecule has 1 aliphatic carbocycles. The van der Waals surface area contributed by atoms with Crippen molar-refractivity contribution in [3.8, 4) is 0 Å². The number of rotatable bonds is 4. The van der Waals surface area contributed by atoms with Gasteiger partial charge in [-0.1, -0.05) is 36.6 Å². The lowest BCUT2D eigenvalue weighted by atomic mass is 9.94. The quantitative estimate of drug-likeness (QED) is 0.889. The van der Waals surface area contributed by atoms with Crippen molar-refractivity contribution in [2.75, 3.05) is 6.26 Å². The molecule has 0 heterocycles. The van der Waals surface area contributed by atoms with Gasteiger partial charge >= 0.3 is 0 Å². The summed E-state index contributed by atoms with van der Waals surface area (Å²) in [6.07, 6.45) is 7.19. The first-order valence-electron chi connectivity index (χ1n) is 6.41. The number of hydrogen-bond acceptors (Lipinski definition) is 2. The van der Waals surface area contributed by atoms with Crippen molar-refractivity contribution in [3.05, 3.63) is 34.6 Å².